The van der Waals surface area contributed by atoms with Gasteiger partial charge in [0.05, 0.1) is 26.2 Å². The minimum absolute atomic E-state index is 0.0684. The second-order valence-corrected chi connectivity index (χ2v) is 9.67. The molecule has 0 aliphatic heterocycles. The lowest BCUT2D eigenvalue weighted by Crippen LogP contribution is -2.04. The SMILES string of the molecule is Cc1nc(C)c(-c2nnc(SC(C)/C(O)=C(\C#N)c3nc4ccccc4s3)o2)s1. The van der Waals surface area contributed by atoms with Gasteiger partial charge in [-0.05, 0) is 32.9 Å². The lowest BCUT2D eigenvalue weighted by Gasteiger charge is -2.08. The molecule has 0 aliphatic carbocycles. The Morgan fingerprint density at radius 1 is 1.21 bits per heavy atom. The van der Waals surface area contributed by atoms with Crippen LogP contribution in [0.2, 0.25) is 0 Å². The molecule has 0 bridgehead atoms. The van der Waals surface area contributed by atoms with E-state index in [1.54, 1.807) is 6.92 Å². The number of thiazole rings is 2. The van der Waals surface area contributed by atoms with Crippen LogP contribution >= 0.6 is 34.4 Å². The molecule has 0 aliphatic rings. The van der Waals surface area contributed by atoms with Gasteiger partial charge in [-0.1, -0.05) is 23.9 Å². The lowest BCUT2D eigenvalue weighted by molar-refractivity contribution is 0.400. The van der Waals surface area contributed by atoms with Gasteiger partial charge in [-0.25, -0.2) is 9.97 Å². The Kier molecular flexibility index (Phi) is 5.36. The van der Waals surface area contributed by atoms with Crippen LogP contribution in [0, 0.1) is 25.2 Å². The average Bonchev–Trinajstić information content (AvgIpc) is 3.40. The number of aliphatic hydroxyl groups is 1. The first-order chi connectivity index (χ1) is 14.0. The van der Waals surface area contributed by atoms with Crippen molar-refractivity contribution < 1.29 is 9.52 Å². The molecule has 0 spiro atoms. The number of aliphatic hydroxyl groups excluding tert-OH is 1. The molecule has 7 nitrogen and oxygen atoms in total. The van der Waals surface area contributed by atoms with Gasteiger partial charge in [-0.15, -0.1) is 32.9 Å². The third kappa shape index (κ3) is 3.89. The lowest BCUT2D eigenvalue weighted by atomic mass is 10.2. The van der Waals surface area contributed by atoms with Crippen molar-refractivity contribution in [3.05, 3.63) is 45.7 Å². The molecule has 10 heteroatoms. The summed E-state index contributed by atoms with van der Waals surface area (Å²) in [6.45, 7) is 5.59. The molecular weight excluding hydrogens is 426 g/mol. The number of nitrogens with zero attached hydrogens (tertiary/aromatic N) is 5. The largest absolute Gasteiger partial charge is 0.510 e. The maximum absolute atomic E-state index is 10.7. The molecule has 29 heavy (non-hydrogen) atoms. The van der Waals surface area contributed by atoms with Crippen LogP contribution in [-0.4, -0.2) is 30.5 Å². The van der Waals surface area contributed by atoms with Crippen molar-refractivity contribution in [2.24, 2.45) is 0 Å². The van der Waals surface area contributed by atoms with Crippen molar-refractivity contribution in [1.82, 2.24) is 20.2 Å². The van der Waals surface area contributed by atoms with E-state index in [0.717, 1.165) is 25.8 Å². The van der Waals surface area contributed by atoms with Gasteiger partial charge in [-0.2, -0.15) is 5.26 Å². The first-order valence-corrected chi connectivity index (χ1v) is 11.1. The van der Waals surface area contributed by atoms with Crippen molar-refractivity contribution in [3.63, 3.8) is 0 Å². The van der Waals surface area contributed by atoms with Crippen molar-refractivity contribution in [2.45, 2.75) is 31.2 Å². The van der Waals surface area contributed by atoms with Crippen LogP contribution in [0.5, 0.6) is 0 Å². The van der Waals surface area contributed by atoms with E-state index in [0.29, 0.717) is 16.1 Å². The van der Waals surface area contributed by atoms with E-state index >= 15 is 0 Å². The first-order valence-electron chi connectivity index (χ1n) is 8.60. The highest BCUT2D eigenvalue weighted by Gasteiger charge is 2.22. The number of aryl methyl sites for hydroxylation is 2. The summed E-state index contributed by atoms with van der Waals surface area (Å²) in [4.78, 5) is 9.66. The Morgan fingerprint density at radius 2 is 2.00 bits per heavy atom. The van der Waals surface area contributed by atoms with Crippen molar-refractivity contribution in [2.75, 3.05) is 0 Å². The van der Waals surface area contributed by atoms with Gasteiger partial charge >= 0.3 is 0 Å². The normalized spacial score (nSPS) is 13.3. The predicted octanol–water partition coefficient (Wildman–Crippen LogP) is 5.39. The van der Waals surface area contributed by atoms with Gasteiger partial charge < -0.3 is 9.52 Å². The van der Waals surface area contributed by atoms with Crippen molar-refractivity contribution in [1.29, 1.82) is 5.26 Å². The highest BCUT2D eigenvalue weighted by atomic mass is 32.2. The Bertz CT molecular complexity index is 1230. The average molecular weight is 442 g/mol. The molecule has 0 fully saturated rings. The Labute approximate surface area is 178 Å². The van der Waals surface area contributed by atoms with Crippen molar-refractivity contribution >= 4 is 50.2 Å². The zero-order valence-electron chi connectivity index (χ0n) is 15.7. The van der Waals surface area contributed by atoms with E-state index in [1.807, 2.05) is 38.1 Å². The number of rotatable bonds is 5. The Hall–Kier alpha value is -2.74. The maximum Gasteiger partial charge on any atom is 0.277 e. The number of hydrogen-bond donors (Lipinski definition) is 1. The highest BCUT2D eigenvalue weighted by molar-refractivity contribution is 7.99. The van der Waals surface area contributed by atoms with Gasteiger partial charge in [0, 0.05) is 0 Å². The van der Waals surface area contributed by atoms with E-state index in [2.05, 4.69) is 26.2 Å². The molecule has 0 amide bonds. The van der Waals surface area contributed by atoms with E-state index in [9.17, 15) is 10.4 Å². The monoisotopic (exact) mass is 441 g/mol. The number of fused-ring (bicyclic) bond motifs is 1. The van der Waals surface area contributed by atoms with Gasteiger partial charge in [0.1, 0.15) is 27.3 Å². The van der Waals surface area contributed by atoms with Gasteiger partial charge in [-0.3, -0.25) is 0 Å². The van der Waals surface area contributed by atoms with Gasteiger partial charge in [0.25, 0.3) is 11.1 Å². The number of nitriles is 1. The summed E-state index contributed by atoms with van der Waals surface area (Å²) in [5.41, 5.74) is 1.79. The van der Waals surface area contributed by atoms with E-state index in [4.69, 9.17) is 4.42 Å². The van der Waals surface area contributed by atoms with Crippen LogP contribution in [0.25, 0.3) is 26.6 Å². The van der Waals surface area contributed by atoms with Gasteiger partial charge in [0.15, 0.2) is 0 Å². The number of thioether (sulfide) groups is 1. The fraction of sp³-hybridized carbons (Fsp3) is 0.211. The molecule has 3 heterocycles. The van der Waals surface area contributed by atoms with Crippen LogP contribution in [0.4, 0.5) is 0 Å². The number of allylic oxidation sites excluding steroid dienone is 1. The molecule has 4 aromatic rings. The van der Waals surface area contributed by atoms with Gasteiger partial charge in [0.2, 0.25) is 0 Å². The summed E-state index contributed by atoms with van der Waals surface area (Å²) in [5.74, 6) is 0.332. The molecule has 0 radical (unpaired) electrons. The van der Waals surface area contributed by atoms with E-state index in [-0.39, 0.29) is 11.3 Å². The van der Waals surface area contributed by atoms with Crippen LogP contribution in [0.3, 0.4) is 0 Å². The topological polar surface area (TPSA) is 109 Å². The maximum atomic E-state index is 10.7. The summed E-state index contributed by atoms with van der Waals surface area (Å²) in [5, 5.41) is 29.7. The molecule has 0 saturated carbocycles. The molecule has 1 N–H and O–H groups in total. The van der Waals surface area contributed by atoms with Crippen LogP contribution in [0.15, 0.2) is 39.7 Å². The molecule has 1 unspecified atom stereocenters. The number of aromatic nitrogens is 4. The van der Waals surface area contributed by atoms with Crippen molar-refractivity contribution in [3.8, 4) is 16.8 Å². The summed E-state index contributed by atoms with van der Waals surface area (Å²) in [7, 11) is 0. The fourth-order valence-electron chi connectivity index (χ4n) is 2.68. The summed E-state index contributed by atoms with van der Waals surface area (Å²) >= 11 is 4.04. The second-order valence-electron chi connectivity index (χ2n) is 6.14. The van der Waals surface area contributed by atoms with Crippen LogP contribution in [0.1, 0.15) is 22.6 Å². The van der Waals surface area contributed by atoms with E-state index < -0.39 is 5.25 Å². The zero-order valence-corrected chi connectivity index (χ0v) is 18.2. The number of benzene rings is 1. The summed E-state index contributed by atoms with van der Waals surface area (Å²) < 4.78 is 6.69. The smallest absolute Gasteiger partial charge is 0.277 e. The van der Waals surface area contributed by atoms with Crippen LogP contribution < -0.4 is 0 Å². The molecule has 4 rings (SSSR count). The molecule has 1 atom stereocenters. The summed E-state index contributed by atoms with van der Waals surface area (Å²) in [6, 6.07) is 9.69. The Morgan fingerprint density at radius 3 is 2.69 bits per heavy atom. The second kappa shape index (κ2) is 7.94. The Balaban J connectivity index is 1.59. The molecular formula is C19H15N5O2S3. The predicted molar refractivity (Wildman–Crippen MR) is 115 cm³/mol. The minimum atomic E-state index is -0.464. The number of para-hydroxylation sites is 1. The zero-order chi connectivity index (χ0) is 20.5. The molecule has 3 aromatic heterocycles. The highest BCUT2D eigenvalue weighted by Crippen LogP contribution is 2.35. The molecule has 0 saturated heterocycles. The third-order valence-electron chi connectivity index (χ3n) is 4.04. The summed E-state index contributed by atoms with van der Waals surface area (Å²) in [6.07, 6.45) is 0. The quantitative estimate of drug-likeness (QED) is 0.249. The number of hydrogen-bond acceptors (Lipinski definition) is 10. The fourth-order valence-corrected chi connectivity index (χ4v) is 5.24. The standard InChI is InChI=1S/C19H15N5O2S3/c1-9-16(28-11(3)21-9)17-23-24-19(26-17)27-10(2)15(25)12(8-20)18-22-13-6-4-5-7-14(13)29-18/h4-7,10,25H,1-3H3/b15-12-. The third-order valence-corrected chi connectivity index (χ3v) is 7.10. The van der Waals surface area contributed by atoms with Crippen LogP contribution in [-0.2, 0) is 0 Å². The first kappa shape index (κ1) is 19.6. The molecule has 1 aromatic carbocycles. The minimum Gasteiger partial charge on any atom is -0.510 e. The van der Waals surface area contributed by atoms with E-state index in [1.165, 1.54) is 34.4 Å². The molecule has 146 valence electrons.